The summed E-state index contributed by atoms with van der Waals surface area (Å²) in [6, 6.07) is 22.8. The van der Waals surface area contributed by atoms with Crippen LogP contribution in [0.25, 0.3) is 0 Å². The number of sulfonamides is 1. The Morgan fingerprint density at radius 2 is 1.52 bits per heavy atom. The van der Waals surface area contributed by atoms with Crippen LogP contribution in [0.15, 0.2) is 89.8 Å². The lowest BCUT2D eigenvalue weighted by molar-refractivity contribution is 0.0955. The number of para-hydroxylation sites is 1. The predicted octanol–water partition coefficient (Wildman–Crippen LogP) is 5.69. The summed E-state index contributed by atoms with van der Waals surface area (Å²) in [4.78, 5) is 26.2. The molecule has 0 spiro atoms. The highest BCUT2D eigenvalue weighted by Gasteiger charge is 2.18. The Morgan fingerprint density at radius 3 is 2.21 bits per heavy atom. The first-order valence-corrected chi connectivity index (χ1v) is 14.8. The maximum Gasteiger partial charge on any atom is 0.261 e. The van der Waals surface area contributed by atoms with E-state index < -0.39 is 15.9 Å². The maximum atomic E-state index is 13.1. The number of carbonyl (C=O) groups is 2. The molecule has 0 fully saturated rings. The Balaban J connectivity index is 1.41. The second-order valence-corrected chi connectivity index (χ2v) is 11.4. The lowest BCUT2D eigenvalue weighted by atomic mass is 10.1. The molecule has 0 saturated heterocycles. The number of hydrogen-bond donors (Lipinski definition) is 3. The van der Waals surface area contributed by atoms with Gasteiger partial charge in [-0.1, -0.05) is 47.5 Å². The number of benzene rings is 4. The zero-order chi connectivity index (χ0) is 30.3. The van der Waals surface area contributed by atoms with Crippen molar-refractivity contribution in [1.29, 1.82) is 0 Å². The van der Waals surface area contributed by atoms with Crippen LogP contribution in [-0.4, -0.2) is 41.0 Å². The van der Waals surface area contributed by atoms with Gasteiger partial charge in [0.2, 0.25) is 0 Å². The summed E-state index contributed by atoms with van der Waals surface area (Å²) in [7, 11) is -0.718. The highest BCUT2D eigenvalue weighted by molar-refractivity contribution is 7.92. The highest BCUT2D eigenvalue weighted by atomic mass is 35.5. The van der Waals surface area contributed by atoms with E-state index in [-0.39, 0.29) is 32.6 Å². The van der Waals surface area contributed by atoms with Crippen LogP contribution in [0.5, 0.6) is 11.5 Å². The normalized spacial score (nSPS) is 11.0. The van der Waals surface area contributed by atoms with Gasteiger partial charge in [-0.3, -0.25) is 14.3 Å². The molecule has 0 heterocycles. The molecule has 0 bridgehead atoms. The van der Waals surface area contributed by atoms with Gasteiger partial charge in [0.25, 0.3) is 21.8 Å². The van der Waals surface area contributed by atoms with Crippen molar-refractivity contribution in [1.82, 2.24) is 5.32 Å². The van der Waals surface area contributed by atoms with Gasteiger partial charge >= 0.3 is 0 Å². The molecule has 0 unspecified atom stereocenters. The summed E-state index contributed by atoms with van der Waals surface area (Å²) in [5.74, 6) is 0.301. The third-order valence-electron chi connectivity index (χ3n) is 6.36. The SMILES string of the molecule is COc1ccc(CCNC(=O)c2ccccc2NC(=O)c2ccc(NS(=O)(=O)c3ccc(C)cc3)cc2Cl)cc1OC. The van der Waals surface area contributed by atoms with Gasteiger partial charge in [0, 0.05) is 6.54 Å². The minimum Gasteiger partial charge on any atom is -0.493 e. The fourth-order valence-electron chi connectivity index (χ4n) is 4.13. The maximum absolute atomic E-state index is 13.1. The van der Waals surface area contributed by atoms with Crippen LogP contribution in [0.1, 0.15) is 31.8 Å². The van der Waals surface area contributed by atoms with E-state index in [1.54, 1.807) is 56.7 Å². The second kappa shape index (κ2) is 13.4. The second-order valence-electron chi connectivity index (χ2n) is 9.31. The molecular weight excluding hydrogens is 578 g/mol. The fourth-order valence-corrected chi connectivity index (χ4v) is 5.44. The van der Waals surface area contributed by atoms with E-state index >= 15 is 0 Å². The van der Waals surface area contributed by atoms with Crippen molar-refractivity contribution in [2.45, 2.75) is 18.2 Å². The minimum atomic E-state index is -3.84. The van der Waals surface area contributed by atoms with Crippen molar-refractivity contribution >= 4 is 44.8 Å². The van der Waals surface area contributed by atoms with Gasteiger partial charge in [0.1, 0.15) is 0 Å². The Bertz CT molecular complexity index is 1710. The van der Waals surface area contributed by atoms with Crippen LogP contribution >= 0.6 is 11.6 Å². The number of ether oxygens (including phenoxy) is 2. The summed E-state index contributed by atoms with van der Waals surface area (Å²) in [6.07, 6.45) is 0.552. The predicted molar refractivity (Wildman–Crippen MR) is 163 cm³/mol. The molecule has 0 aliphatic rings. The molecule has 9 nitrogen and oxygen atoms in total. The molecule has 0 aromatic heterocycles. The molecule has 2 amide bonds. The minimum absolute atomic E-state index is 0.0356. The molecule has 0 saturated carbocycles. The van der Waals surface area contributed by atoms with Crippen molar-refractivity contribution in [3.8, 4) is 11.5 Å². The summed E-state index contributed by atoms with van der Waals surface area (Å²) in [6.45, 7) is 2.21. The van der Waals surface area contributed by atoms with E-state index in [2.05, 4.69) is 15.4 Å². The smallest absolute Gasteiger partial charge is 0.261 e. The van der Waals surface area contributed by atoms with E-state index in [1.807, 2.05) is 19.1 Å². The summed E-state index contributed by atoms with van der Waals surface area (Å²) < 4.78 is 38.5. The third-order valence-corrected chi connectivity index (χ3v) is 8.07. The van der Waals surface area contributed by atoms with Gasteiger partial charge in [-0.2, -0.15) is 0 Å². The number of aryl methyl sites for hydroxylation is 1. The van der Waals surface area contributed by atoms with E-state index in [0.29, 0.717) is 30.2 Å². The number of amides is 2. The largest absolute Gasteiger partial charge is 0.493 e. The van der Waals surface area contributed by atoms with Crippen LogP contribution in [0.3, 0.4) is 0 Å². The highest BCUT2D eigenvalue weighted by Crippen LogP contribution is 2.28. The molecule has 4 aromatic carbocycles. The molecule has 0 aliphatic carbocycles. The van der Waals surface area contributed by atoms with Crippen LogP contribution in [0.2, 0.25) is 5.02 Å². The van der Waals surface area contributed by atoms with E-state index in [4.69, 9.17) is 21.1 Å². The number of carbonyl (C=O) groups excluding carboxylic acids is 2. The van der Waals surface area contributed by atoms with E-state index in [9.17, 15) is 18.0 Å². The monoisotopic (exact) mass is 607 g/mol. The molecule has 4 rings (SSSR count). The van der Waals surface area contributed by atoms with Crippen LogP contribution in [0.4, 0.5) is 11.4 Å². The van der Waals surface area contributed by atoms with Crippen molar-refractivity contribution in [2.24, 2.45) is 0 Å². The lowest BCUT2D eigenvalue weighted by Gasteiger charge is -2.14. The number of nitrogens with one attached hydrogen (secondary N) is 3. The fraction of sp³-hybridized carbons (Fsp3) is 0.161. The lowest BCUT2D eigenvalue weighted by Crippen LogP contribution is -2.27. The third kappa shape index (κ3) is 7.39. The first kappa shape index (κ1) is 30.4. The zero-order valence-corrected chi connectivity index (χ0v) is 24.8. The van der Waals surface area contributed by atoms with Gasteiger partial charge in [-0.05, 0) is 73.5 Å². The van der Waals surface area contributed by atoms with Crippen molar-refractivity contribution < 1.29 is 27.5 Å². The average molecular weight is 608 g/mol. The number of rotatable bonds is 11. The Hall–Kier alpha value is -4.54. The molecule has 42 heavy (non-hydrogen) atoms. The van der Waals surface area contributed by atoms with Gasteiger partial charge in [0.05, 0.1) is 46.6 Å². The summed E-state index contributed by atoms with van der Waals surface area (Å²) >= 11 is 6.36. The molecule has 218 valence electrons. The molecule has 3 N–H and O–H groups in total. The molecular formula is C31H30ClN3O6S. The summed E-state index contributed by atoms with van der Waals surface area (Å²) in [5, 5.41) is 5.64. The Morgan fingerprint density at radius 1 is 0.810 bits per heavy atom. The number of anilines is 2. The first-order chi connectivity index (χ1) is 20.1. The number of halogens is 1. The average Bonchev–Trinajstić information content (AvgIpc) is 2.97. The van der Waals surface area contributed by atoms with Gasteiger partial charge in [0.15, 0.2) is 11.5 Å². The standard InChI is InChI=1S/C31H30ClN3O6S/c1-20-8-12-23(13-9-20)42(38,39)35-22-11-14-24(26(32)19-22)31(37)34-27-7-5-4-6-25(27)30(36)33-17-16-21-10-15-28(40-2)29(18-21)41-3/h4-15,18-19,35H,16-17H2,1-3H3,(H,33,36)(H,34,37). The zero-order valence-electron chi connectivity index (χ0n) is 23.2. The van der Waals surface area contributed by atoms with Crippen molar-refractivity contribution in [2.75, 3.05) is 30.8 Å². The molecule has 0 aliphatic heterocycles. The number of methoxy groups -OCH3 is 2. The van der Waals surface area contributed by atoms with Crippen LogP contribution in [-0.2, 0) is 16.4 Å². The topological polar surface area (TPSA) is 123 Å². The van der Waals surface area contributed by atoms with Gasteiger partial charge in [-0.15, -0.1) is 0 Å². The van der Waals surface area contributed by atoms with Crippen molar-refractivity contribution in [3.63, 3.8) is 0 Å². The van der Waals surface area contributed by atoms with Gasteiger partial charge < -0.3 is 20.1 Å². The van der Waals surface area contributed by atoms with Crippen molar-refractivity contribution in [3.05, 3.63) is 112 Å². The number of hydrogen-bond acceptors (Lipinski definition) is 6. The molecule has 11 heteroatoms. The van der Waals surface area contributed by atoms with E-state index in [1.165, 1.54) is 30.3 Å². The summed E-state index contributed by atoms with van der Waals surface area (Å²) in [5.41, 5.74) is 2.77. The molecule has 0 radical (unpaired) electrons. The first-order valence-electron chi connectivity index (χ1n) is 12.9. The van der Waals surface area contributed by atoms with E-state index in [0.717, 1.165) is 11.1 Å². The van der Waals surface area contributed by atoms with Crippen LogP contribution in [0, 0.1) is 6.92 Å². The molecule has 0 atom stereocenters. The van der Waals surface area contributed by atoms with Gasteiger partial charge in [-0.25, -0.2) is 8.42 Å². The Labute approximate surface area is 249 Å². The Kier molecular flexibility index (Phi) is 9.72. The quantitative estimate of drug-likeness (QED) is 0.201. The molecule has 4 aromatic rings. The van der Waals surface area contributed by atoms with Crippen LogP contribution < -0.4 is 24.8 Å².